The number of aliphatic imine (C=N–C) groups is 1. The summed E-state index contributed by atoms with van der Waals surface area (Å²) < 4.78 is 16.6. The lowest BCUT2D eigenvalue weighted by Gasteiger charge is -2.22. The van der Waals surface area contributed by atoms with Crippen molar-refractivity contribution in [3.05, 3.63) is 151 Å². The van der Waals surface area contributed by atoms with E-state index >= 15 is 0 Å². The minimum atomic E-state index is -0.430. The zero-order valence-corrected chi connectivity index (χ0v) is 40.6. The highest BCUT2D eigenvalue weighted by Crippen LogP contribution is 2.28. The van der Waals surface area contributed by atoms with Crippen LogP contribution in [0.1, 0.15) is 43.8 Å². The summed E-state index contributed by atoms with van der Waals surface area (Å²) in [5, 5.41) is 16.1. The molecule has 9 rings (SSSR count). The molecule has 4 aromatic heterocycles. The Morgan fingerprint density at radius 1 is 0.710 bits per heavy atom. The van der Waals surface area contributed by atoms with Crippen molar-refractivity contribution < 1.29 is 33.4 Å². The Hall–Kier alpha value is -7.06. The summed E-state index contributed by atoms with van der Waals surface area (Å²) in [4.78, 5) is 67.7. The summed E-state index contributed by atoms with van der Waals surface area (Å²) in [6.45, 7) is 5.77. The van der Waals surface area contributed by atoms with E-state index in [9.17, 15) is 19.2 Å². The first kappa shape index (κ1) is 49.8. The van der Waals surface area contributed by atoms with Crippen molar-refractivity contribution in [1.82, 2.24) is 20.6 Å². The number of benzene rings is 2. The van der Waals surface area contributed by atoms with Crippen molar-refractivity contribution in [2.24, 2.45) is 4.99 Å². The Bertz CT molecular complexity index is 2730. The molecule has 0 saturated carbocycles. The SMILES string of the molecule is CCCNc1ccc(N2C[C@H](CNC(=O)c3ccc(Cl)s3)OC2=O)cc1.COC(=N)c1ccncc1.O=C(NC[C@H]1CN(c2ccc(N3CCN=C3c3ccncc3)cc2)C(=O)O1)c1ccc(Cl)s1. The fourth-order valence-electron chi connectivity index (χ4n) is 7.05. The molecule has 2 aromatic carbocycles. The van der Waals surface area contributed by atoms with Gasteiger partial charge in [0, 0.05) is 71.8 Å². The average molecular weight is 1010 g/mol. The average Bonchev–Trinajstić information content (AvgIpc) is 4.25. The van der Waals surface area contributed by atoms with Crippen molar-refractivity contribution in [3.8, 4) is 0 Å². The number of aromatic nitrogens is 2. The minimum Gasteiger partial charge on any atom is -0.481 e. The van der Waals surface area contributed by atoms with Gasteiger partial charge in [-0.2, -0.15) is 0 Å². The molecule has 2 atom stereocenters. The van der Waals surface area contributed by atoms with Crippen LogP contribution in [-0.2, 0) is 14.2 Å². The van der Waals surface area contributed by atoms with E-state index in [2.05, 4.69) is 42.7 Å². The second-order valence-corrected chi connectivity index (χ2v) is 18.6. The molecule has 0 aliphatic carbocycles. The van der Waals surface area contributed by atoms with Crippen molar-refractivity contribution in [2.45, 2.75) is 25.6 Å². The zero-order chi connectivity index (χ0) is 48.7. The number of pyridine rings is 2. The van der Waals surface area contributed by atoms with E-state index in [4.69, 9.17) is 42.8 Å². The number of anilines is 4. The van der Waals surface area contributed by atoms with E-state index in [1.54, 1.807) is 71.0 Å². The van der Waals surface area contributed by atoms with Gasteiger partial charge >= 0.3 is 12.2 Å². The largest absolute Gasteiger partial charge is 0.481 e. The predicted molar refractivity (Wildman–Crippen MR) is 271 cm³/mol. The number of amidine groups is 1. The third kappa shape index (κ3) is 13.6. The summed E-state index contributed by atoms with van der Waals surface area (Å²) in [6.07, 6.45) is 6.16. The number of ether oxygens (including phenoxy) is 3. The zero-order valence-electron chi connectivity index (χ0n) is 37.5. The van der Waals surface area contributed by atoms with Gasteiger partial charge in [-0.25, -0.2) is 9.59 Å². The van der Waals surface area contributed by atoms with Gasteiger partial charge in [-0.05, 0) is 103 Å². The molecule has 6 aromatic rings. The fourth-order valence-corrected chi connectivity index (χ4v) is 8.97. The maximum Gasteiger partial charge on any atom is 0.414 e. The Morgan fingerprint density at radius 3 is 1.65 bits per heavy atom. The van der Waals surface area contributed by atoms with Gasteiger partial charge in [0.2, 0.25) is 5.90 Å². The number of carbonyl (C=O) groups excluding carboxylic acids is 4. The van der Waals surface area contributed by atoms with Crippen LogP contribution >= 0.6 is 45.9 Å². The summed E-state index contributed by atoms with van der Waals surface area (Å²) in [6, 6.07) is 29.4. The lowest BCUT2D eigenvalue weighted by molar-refractivity contribution is 0.0915. The van der Waals surface area contributed by atoms with Crippen LogP contribution in [0.15, 0.2) is 127 Å². The lowest BCUT2D eigenvalue weighted by Crippen LogP contribution is -2.34. The third-order valence-corrected chi connectivity index (χ3v) is 12.9. The maximum absolute atomic E-state index is 12.4. The quantitative estimate of drug-likeness (QED) is 0.0600. The van der Waals surface area contributed by atoms with Crippen LogP contribution in [0, 0.1) is 5.41 Å². The Balaban J connectivity index is 0.000000173. The highest BCUT2D eigenvalue weighted by molar-refractivity contribution is 7.18. The molecule has 17 nitrogen and oxygen atoms in total. The van der Waals surface area contributed by atoms with Crippen molar-refractivity contribution in [2.75, 3.05) is 72.9 Å². The summed E-state index contributed by atoms with van der Waals surface area (Å²) in [7, 11) is 1.47. The summed E-state index contributed by atoms with van der Waals surface area (Å²) >= 11 is 14.1. The molecule has 0 spiro atoms. The number of nitrogens with zero attached hydrogens (tertiary/aromatic N) is 6. The molecule has 0 bridgehead atoms. The molecule has 3 aliphatic heterocycles. The molecule has 2 fully saturated rings. The van der Waals surface area contributed by atoms with E-state index in [-0.39, 0.29) is 36.9 Å². The monoisotopic (exact) mass is 1010 g/mol. The number of thiophene rings is 2. The Labute approximate surface area is 416 Å². The van der Waals surface area contributed by atoms with Crippen LogP contribution in [0.25, 0.3) is 0 Å². The molecule has 0 radical (unpaired) electrons. The van der Waals surface area contributed by atoms with E-state index in [1.807, 2.05) is 60.7 Å². The molecule has 21 heteroatoms. The molecule has 69 heavy (non-hydrogen) atoms. The Kier molecular flexibility index (Phi) is 17.5. The fraction of sp³-hybridized carbons (Fsp3) is 0.250. The normalized spacial score (nSPS) is 16.0. The number of cyclic esters (lactones) is 2. The number of rotatable bonds is 14. The maximum atomic E-state index is 12.4. The number of methoxy groups -OCH3 is 1. The first-order valence-electron chi connectivity index (χ1n) is 21.7. The minimum absolute atomic E-state index is 0.169. The third-order valence-electron chi connectivity index (χ3n) is 10.5. The summed E-state index contributed by atoms with van der Waals surface area (Å²) in [5.41, 5.74) is 5.29. The van der Waals surface area contributed by atoms with E-state index in [0.29, 0.717) is 31.5 Å². The number of hydrogen-bond acceptors (Lipinski definition) is 15. The van der Waals surface area contributed by atoms with Crippen LogP contribution in [0.3, 0.4) is 0 Å². The number of halogens is 2. The predicted octanol–water partition coefficient (Wildman–Crippen LogP) is 8.85. The molecule has 7 heterocycles. The molecule has 4 amide bonds. The van der Waals surface area contributed by atoms with Gasteiger partial charge in [0.25, 0.3) is 11.8 Å². The number of hydrogen-bond donors (Lipinski definition) is 4. The van der Waals surface area contributed by atoms with Crippen LogP contribution in [0.2, 0.25) is 8.67 Å². The molecular formula is C48H48Cl2N10O7S2. The van der Waals surface area contributed by atoms with Gasteiger partial charge in [-0.3, -0.25) is 39.8 Å². The molecule has 3 aliphatic rings. The van der Waals surface area contributed by atoms with Gasteiger partial charge in [-0.1, -0.05) is 30.1 Å². The van der Waals surface area contributed by atoms with Gasteiger partial charge in [0.05, 0.1) is 58.3 Å². The first-order valence-corrected chi connectivity index (χ1v) is 24.1. The van der Waals surface area contributed by atoms with Crippen LogP contribution in [0.5, 0.6) is 0 Å². The standard InChI is InChI=1S/C23H20ClN5O3S.C18H20ClN3O3S.C7H8N2O/c24-20-6-5-19(33-20)22(30)27-13-18-14-29(23(31)32-18)17-3-1-16(2-4-17)28-12-11-26-21(28)15-7-9-25-10-8-15;1-2-9-20-12-3-5-13(6-4-12)22-11-14(25-18(22)24)10-21-17(23)15-7-8-16(19)26-15;1-10-7(8)6-2-4-9-5-3-6/h1-10,18H,11-14H2,(H,27,30);3-8,14,20H,2,9-11H2,1H3,(H,21,23);2-5,8H,1H3/t18-;14-;/m00./s1. The Morgan fingerprint density at radius 2 is 1.19 bits per heavy atom. The molecule has 0 unspecified atom stereocenters. The number of amides is 4. The van der Waals surface area contributed by atoms with Crippen molar-refractivity contribution in [1.29, 1.82) is 5.41 Å². The molecule has 358 valence electrons. The second kappa shape index (κ2) is 24.3. The molecule has 2 saturated heterocycles. The van der Waals surface area contributed by atoms with E-state index < -0.39 is 18.3 Å². The number of nitrogens with one attached hydrogen (secondary N) is 4. The highest BCUT2D eigenvalue weighted by atomic mass is 35.5. The van der Waals surface area contributed by atoms with Crippen LogP contribution in [-0.4, -0.2) is 111 Å². The van der Waals surface area contributed by atoms with Crippen molar-refractivity contribution in [3.63, 3.8) is 0 Å². The molecule has 4 N–H and O–H groups in total. The van der Waals surface area contributed by atoms with Crippen LogP contribution < -0.4 is 30.7 Å². The van der Waals surface area contributed by atoms with Gasteiger partial charge in [-0.15, -0.1) is 22.7 Å². The second-order valence-electron chi connectivity index (χ2n) is 15.2. The topological polar surface area (TPSA) is 204 Å². The molecular weight excluding hydrogens is 964 g/mol. The lowest BCUT2D eigenvalue weighted by atomic mass is 10.2. The van der Waals surface area contributed by atoms with Crippen LogP contribution in [0.4, 0.5) is 32.3 Å². The van der Waals surface area contributed by atoms with Crippen molar-refractivity contribution >= 4 is 104 Å². The van der Waals surface area contributed by atoms with E-state index in [0.717, 1.165) is 65.8 Å². The van der Waals surface area contributed by atoms with E-state index in [1.165, 1.54) is 29.8 Å². The van der Waals surface area contributed by atoms with Gasteiger partial charge < -0.3 is 35.1 Å². The summed E-state index contributed by atoms with van der Waals surface area (Å²) in [5.74, 6) is 0.627. The number of carbonyl (C=O) groups is 4. The van der Waals surface area contributed by atoms with Gasteiger partial charge in [0.15, 0.2) is 0 Å². The van der Waals surface area contributed by atoms with Gasteiger partial charge in [0.1, 0.15) is 18.0 Å². The first-order chi connectivity index (χ1) is 33.5. The smallest absolute Gasteiger partial charge is 0.414 e. The highest BCUT2D eigenvalue weighted by Gasteiger charge is 2.34.